The number of aromatic nitrogens is 2. The number of halogens is 3. The average molecular weight is 272 g/mol. The van der Waals surface area contributed by atoms with Crippen molar-refractivity contribution >= 4 is 22.8 Å². The number of H-pyrrole nitrogens is 1. The smallest absolute Gasteiger partial charge is 0.351 e. The third kappa shape index (κ3) is 2.78. The van der Waals surface area contributed by atoms with Crippen LogP contribution in [0.1, 0.15) is 5.69 Å². The molecule has 0 fully saturated rings. The van der Waals surface area contributed by atoms with E-state index in [2.05, 4.69) is 15.3 Å². The first-order chi connectivity index (χ1) is 8.77. The molecule has 0 aliphatic heterocycles. The number of aromatic amines is 1. The van der Waals surface area contributed by atoms with Crippen LogP contribution in [0.25, 0.3) is 10.9 Å². The number of pyridine rings is 1. The number of carbonyl (C=O) groups is 1. The maximum Gasteiger partial charge on any atom is 0.431 e. The Bertz CT molecular complexity index is 618. The molecule has 0 bridgehead atoms. The molecule has 2 aromatic rings. The standard InChI is InChI=1S/C11H11F3N4O/c1-18(2)10(19)17-9-4-7-6(5-15-9)3-8(16-7)11(12,13)14/h3-5,16H,1-2H3,(H,15,17,19). The summed E-state index contributed by atoms with van der Waals surface area (Å²) in [5, 5.41) is 2.78. The zero-order chi connectivity index (χ0) is 14.2. The van der Waals surface area contributed by atoms with E-state index < -0.39 is 17.9 Å². The van der Waals surface area contributed by atoms with Crippen molar-refractivity contribution in [1.29, 1.82) is 0 Å². The number of hydrogen-bond donors (Lipinski definition) is 2. The van der Waals surface area contributed by atoms with Gasteiger partial charge in [-0.1, -0.05) is 0 Å². The maximum atomic E-state index is 12.5. The summed E-state index contributed by atoms with van der Waals surface area (Å²) in [5.41, 5.74) is -0.586. The van der Waals surface area contributed by atoms with Crippen LogP contribution in [0.4, 0.5) is 23.8 Å². The van der Waals surface area contributed by atoms with Crippen LogP contribution >= 0.6 is 0 Å². The summed E-state index contributed by atoms with van der Waals surface area (Å²) in [7, 11) is 3.09. The highest BCUT2D eigenvalue weighted by atomic mass is 19.4. The highest BCUT2D eigenvalue weighted by Gasteiger charge is 2.32. The third-order valence-electron chi connectivity index (χ3n) is 2.45. The van der Waals surface area contributed by atoms with Crippen LogP contribution < -0.4 is 5.32 Å². The van der Waals surface area contributed by atoms with Gasteiger partial charge in [0.25, 0.3) is 0 Å². The van der Waals surface area contributed by atoms with Gasteiger partial charge in [-0.3, -0.25) is 5.32 Å². The Hall–Kier alpha value is -2.25. The monoisotopic (exact) mass is 272 g/mol. The Kier molecular flexibility index (Phi) is 3.09. The molecule has 0 saturated heterocycles. The van der Waals surface area contributed by atoms with Gasteiger partial charge in [-0.25, -0.2) is 9.78 Å². The molecule has 0 atom stereocenters. The molecule has 2 N–H and O–H groups in total. The lowest BCUT2D eigenvalue weighted by molar-refractivity contribution is -0.140. The summed E-state index contributed by atoms with van der Waals surface area (Å²) in [6.45, 7) is 0. The van der Waals surface area contributed by atoms with Gasteiger partial charge in [0.15, 0.2) is 0 Å². The number of nitrogens with zero attached hydrogens (tertiary/aromatic N) is 2. The summed E-state index contributed by atoms with van der Waals surface area (Å²) < 4.78 is 37.5. The number of carbonyl (C=O) groups excluding carboxylic acids is 1. The van der Waals surface area contributed by atoms with Gasteiger partial charge in [-0.15, -0.1) is 0 Å². The normalized spacial score (nSPS) is 11.6. The van der Waals surface area contributed by atoms with Gasteiger partial charge in [0, 0.05) is 31.7 Å². The molecule has 0 radical (unpaired) electrons. The quantitative estimate of drug-likeness (QED) is 0.838. The minimum atomic E-state index is -4.44. The van der Waals surface area contributed by atoms with Gasteiger partial charge in [-0.05, 0) is 6.07 Å². The summed E-state index contributed by atoms with van der Waals surface area (Å²) >= 11 is 0. The molecule has 0 aliphatic carbocycles. The van der Waals surface area contributed by atoms with Crippen molar-refractivity contribution in [2.45, 2.75) is 6.18 Å². The molecule has 8 heteroatoms. The predicted molar refractivity (Wildman–Crippen MR) is 63.8 cm³/mol. The van der Waals surface area contributed by atoms with E-state index in [0.29, 0.717) is 5.39 Å². The lowest BCUT2D eigenvalue weighted by Crippen LogP contribution is -2.27. The average Bonchev–Trinajstić information content (AvgIpc) is 2.71. The Morgan fingerprint density at radius 3 is 2.63 bits per heavy atom. The van der Waals surface area contributed by atoms with E-state index in [1.165, 1.54) is 17.2 Å². The number of anilines is 1. The van der Waals surface area contributed by atoms with Crippen molar-refractivity contribution in [3.05, 3.63) is 24.0 Å². The van der Waals surface area contributed by atoms with Crippen molar-refractivity contribution in [1.82, 2.24) is 14.9 Å². The second-order valence-electron chi connectivity index (χ2n) is 4.16. The first-order valence-electron chi connectivity index (χ1n) is 5.31. The highest BCUT2D eigenvalue weighted by Crippen LogP contribution is 2.31. The zero-order valence-corrected chi connectivity index (χ0v) is 10.2. The number of fused-ring (bicyclic) bond motifs is 1. The fraction of sp³-hybridized carbons (Fsp3) is 0.273. The molecule has 2 heterocycles. The van der Waals surface area contributed by atoms with Gasteiger partial charge >= 0.3 is 12.2 Å². The van der Waals surface area contributed by atoms with Crippen LogP contribution in [0.15, 0.2) is 18.3 Å². The minimum Gasteiger partial charge on any atom is -0.351 e. The van der Waals surface area contributed by atoms with E-state index in [1.54, 1.807) is 14.1 Å². The fourth-order valence-corrected chi connectivity index (χ4v) is 1.47. The number of rotatable bonds is 1. The van der Waals surface area contributed by atoms with Crippen LogP contribution in [-0.4, -0.2) is 35.0 Å². The number of amides is 2. The van der Waals surface area contributed by atoms with Crippen LogP contribution in [0.5, 0.6) is 0 Å². The minimum absolute atomic E-state index is 0.182. The lowest BCUT2D eigenvalue weighted by atomic mass is 10.3. The summed E-state index contributed by atoms with van der Waals surface area (Å²) in [4.78, 5) is 18.8. The van der Waals surface area contributed by atoms with Crippen LogP contribution in [0, 0.1) is 0 Å². The first-order valence-corrected chi connectivity index (χ1v) is 5.31. The number of alkyl halides is 3. The van der Waals surface area contributed by atoms with E-state index in [4.69, 9.17) is 0 Å². The molecule has 0 spiro atoms. The Labute approximate surface area is 106 Å². The maximum absolute atomic E-state index is 12.5. The summed E-state index contributed by atoms with van der Waals surface area (Å²) in [5.74, 6) is 0.182. The van der Waals surface area contributed by atoms with Crippen molar-refractivity contribution in [2.75, 3.05) is 19.4 Å². The van der Waals surface area contributed by atoms with Crippen molar-refractivity contribution in [2.24, 2.45) is 0 Å². The molecule has 2 aromatic heterocycles. The Morgan fingerprint density at radius 2 is 2.05 bits per heavy atom. The van der Waals surface area contributed by atoms with Crippen molar-refractivity contribution < 1.29 is 18.0 Å². The second kappa shape index (κ2) is 4.45. The van der Waals surface area contributed by atoms with E-state index in [1.807, 2.05) is 0 Å². The van der Waals surface area contributed by atoms with Crippen LogP contribution in [0.3, 0.4) is 0 Å². The van der Waals surface area contributed by atoms with Gasteiger partial charge in [0.2, 0.25) is 0 Å². The molecule has 0 unspecified atom stereocenters. The number of hydrogen-bond acceptors (Lipinski definition) is 2. The molecular formula is C11H11F3N4O. The van der Waals surface area contributed by atoms with Crippen LogP contribution in [0.2, 0.25) is 0 Å². The van der Waals surface area contributed by atoms with Crippen LogP contribution in [-0.2, 0) is 6.18 Å². The van der Waals surface area contributed by atoms with E-state index in [9.17, 15) is 18.0 Å². The molecule has 0 aromatic carbocycles. The molecular weight excluding hydrogens is 261 g/mol. The first kappa shape index (κ1) is 13.2. The lowest BCUT2D eigenvalue weighted by Gasteiger charge is -2.10. The van der Waals surface area contributed by atoms with E-state index in [0.717, 1.165) is 6.07 Å². The van der Waals surface area contributed by atoms with Crippen molar-refractivity contribution in [3.8, 4) is 0 Å². The topological polar surface area (TPSA) is 61.0 Å². The highest BCUT2D eigenvalue weighted by molar-refractivity contribution is 5.90. The Balaban J connectivity index is 2.33. The fourth-order valence-electron chi connectivity index (χ4n) is 1.47. The van der Waals surface area contributed by atoms with E-state index >= 15 is 0 Å². The molecule has 0 aliphatic rings. The van der Waals surface area contributed by atoms with Gasteiger partial charge in [0.05, 0.1) is 5.52 Å². The Morgan fingerprint density at radius 1 is 1.37 bits per heavy atom. The molecule has 102 valence electrons. The van der Waals surface area contributed by atoms with Gasteiger partial charge in [-0.2, -0.15) is 13.2 Å². The third-order valence-corrected chi connectivity index (χ3v) is 2.45. The molecule has 2 rings (SSSR count). The molecule has 2 amide bonds. The van der Waals surface area contributed by atoms with Gasteiger partial charge < -0.3 is 9.88 Å². The molecule has 19 heavy (non-hydrogen) atoms. The predicted octanol–water partition coefficient (Wildman–Crippen LogP) is 2.68. The zero-order valence-electron chi connectivity index (χ0n) is 10.2. The SMILES string of the molecule is CN(C)C(=O)Nc1cc2[nH]c(C(F)(F)F)cc2cn1. The molecule has 5 nitrogen and oxygen atoms in total. The number of urea groups is 1. The largest absolute Gasteiger partial charge is 0.431 e. The summed E-state index contributed by atoms with van der Waals surface area (Å²) in [6.07, 6.45) is -3.17. The summed E-state index contributed by atoms with van der Waals surface area (Å²) in [6, 6.07) is 1.92. The van der Waals surface area contributed by atoms with Gasteiger partial charge in [0.1, 0.15) is 11.5 Å². The van der Waals surface area contributed by atoms with Crippen molar-refractivity contribution in [3.63, 3.8) is 0 Å². The number of nitrogens with one attached hydrogen (secondary N) is 2. The second-order valence-corrected chi connectivity index (χ2v) is 4.16. The molecule has 0 saturated carbocycles. The van der Waals surface area contributed by atoms with E-state index in [-0.39, 0.29) is 11.3 Å².